The molecule has 3 rings (SSSR count). The first-order valence-corrected chi connectivity index (χ1v) is 9.99. The molecule has 8 nitrogen and oxygen atoms in total. The van der Waals surface area contributed by atoms with Crippen molar-refractivity contribution in [1.29, 1.82) is 0 Å². The molecule has 1 aromatic carbocycles. The zero-order chi connectivity index (χ0) is 20.3. The molecule has 1 amide bonds. The van der Waals surface area contributed by atoms with Crippen molar-refractivity contribution in [3.05, 3.63) is 54.6 Å². The summed E-state index contributed by atoms with van der Waals surface area (Å²) in [6, 6.07) is 8.76. The summed E-state index contributed by atoms with van der Waals surface area (Å²) in [5.74, 6) is 0.462. The first-order chi connectivity index (χ1) is 14.3. The lowest BCUT2D eigenvalue weighted by atomic mass is 10.1. The number of nitrogens with one attached hydrogen (secondary N) is 1. The minimum absolute atomic E-state index is 0.212. The molecule has 0 aliphatic heterocycles. The number of hydrogen-bond donors (Lipinski definition) is 1. The van der Waals surface area contributed by atoms with Gasteiger partial charge in [0.05, 0.1) is 6.61 Å². The van der Waals surface area contributed by atoms with E-state index in [9.17, 15) is 4.79 Å². The third kappa shape index (κ3) is 6.10. The van der Waals surface area contributed by atoms with Gasteiger partial charge in [-0.05, 0) is 47.2 Å². The molecule has 0 saturated carbocycles. The smallest absolute Gasteiger partial charge is 0.255 e. The van der Waals surface area contributed by atoms with Crippen LogP contribution < -0.4 is 10.1 Å². The Hall–Kier alpha value is -3.29. The fraction of sp³-hybridized carbons (Fsp3) is 0.381. The van der Waals surface area contributed by atoms with Crippen LogP contribution in [0, 0.1) is 0 Å². The predicted molar refractivity (Wildman–Crippen MR) is 110 cm³/mol. The van der Waals surface area contributed by atoms with Gasteiger partial charge in [0, 0.05) is 23.6 Å². The molecule has 0 spiro atoms. The zero-order valence-corrected chi connectivity index (χ0v) is 16.6. The van der Waals surface area contributed by atoms with Gasteiger partial charge in [-0.15, -0.1) is 5.10 Å². The van der Waals surface area contributed by atoms with E-state index in [1.54, 1.807) is 30.6 Å². The second-order valence-electron chi connectivity index (χ2n) is 6.74. The van der Waals surface area contributed by atoms with Gasteiger partial charge in [0.25, 0.3) is 5.91 Å². The first kappa shape index (κ1) is 20.4. The Morgan fingerprint density at radius 1 is 1.07 bits per heavy atom. The summed E-state index contributed by atoms with van der Waals surface area (Å²) in [4.78, 5) is 16.3. The normalized spacial score (nSPS) is 10.7. The monoisotopic (exact) mass is 394 g/mol. The topological polar surface area (TPSA) is 94.8 Å². The first-order valence-electron chi connectivity index (χ1n) is 9.99. The maximum atomic E-state index is 12.4. The number of benzene rings is 1. The van der Waals surface area contributed by atoms with E-state index in [1.165, 1.54) is 36.7 Å². The largest absolute Gasteiger partial charge is 0.491 e. The van der Waals surface area contributed by atoms with E-state index in [1.807, 2.05) is 12.1 Å². The summed E-state index contributed by atoms with van der Waals surface area (Å²) in [5.41, 5.74) is 1.84. The number of carbonyl (C=O) groups excluding carboxylic acids is 1. The second kappa shape index (κ2) is 10.9. The lowest BCUT2D eigenvalue weighted by Crippen LogP contribution is -2.12. The predicted octanol–water partition coefficient (Wildman–Crippen LogP) is 4.05. The molecule has 0 bridgehead atoms. The number of hydrogen-bond acceptors (Lipinski definition) is 6. The molecule has 2 heterocycles. The Morgan fingerprint density at radius 3 is 2.62 bits per heavy atom. The lowest BCUT2D eigenvalue weighted by molar-refractivity contribution is 0.102. The average molecular weight is 394 g/mol. The number of tetrazole rings is 1. The van der Waals surface area contributed by atoms with Crippen LogP contribution in [0.2, 0.25) is 0 Å². The summed E-state index contributed by atoms with van der Waals surface area (Å²) < 4.78 is 7.50. The molecule has 0 radical (unpaired) electrons. The Morgan fingerprint density at radius 2 is 1.86 bits per heavy atom. The van der Waals surface area contributed by atoms with E-state index in [2.05, 4.69) is 32.7 Å². The van der Waals surface area contributed by atoms with Gasteiger partial charge in [0.2, 0.25) is 0 Å². The van der Waals surface area contributed by atoms with Crippen molar-refractivity contribution in [1.82, 2.24) is 25.2 Å². The van der Waals surface area contributed by atoms with Gasteiger partial charge in [0.1, 0.15) is 17.8 Å². The maximum Gasteiger partial charge on any atom is 0.255 e. The number of nitrogens with zero attached hydrogens (tertiary/aromatic N) is 5. The van der Waals surface area contributed by atoms with E-state index in [0.717, 1.165) is 12.8 Å². The van der Waals surface area contributed by atoms with Crippen LogP contribution >= 0.6 is 0 Å². The number of anilines is 1. The Balaban J connectivity index is 1.65. The van der Waals surface area contributed by atoms with Gasteiger partial charge in [-0.25, -0.2) is 0 Å². The highest BCUT2D eigenvalue weighted by Crippen LogP contribution is 2.26. The van der Waals surface area contributed by atoms with Crippen LogP contribution in [0.3, 0.4) is 0 Å². The summed E-state index contributed by atoms with van der Waals surface area (Å²) >= 11 is 0. The van der Waals surface area contributed by atoms with Crippen molar-refractivity contribution in [2.75, 3.05) is 11.9 Å². The zero-order valence-electron chi connectivity index (χ0n) is 16.6. The highest BCUT2D eigenvalue weighted by atomic mass is 16.5. The number of pyridine rings is 1. The molecule has 29 heavy (non-hydrogen) atoms. The van der Waals surface area contributed by atoms with Gasteiger partial charge < -0.3 is 10.1 Å². The highest BCUT2D eigenvalue weighted by molar-refractivity contribution is 6.04. The van der Waals surface area contributed by atoms with Crippen LogP contribution in [0.4, 0.5) is 5.69 Å². The standard InChI is InChI=1S/C21H26N6O2/c1-2-3-4-5-6-7-14-29-20-9-8-18(15-19(20)27-16-23-25-26-27)24-21(28)17-10-12-22-13-11-17/h8-13,15-16H,2-7,14H2,1H3,(H,24,28). The molecule has 0 saturated heterocycles. The fourth-order valence-corrected chi connectivity index (χ4v) is 2.94. The third-order valence-corrected chi connectivity index (χ3v) is 4.51. The molecule has 0 unspecified atom stereocenters. The van der Waals surface area contributed by atoms with Crippen molar-refractivity contribution in [3.63, 3.8) is 0 Å². The van der Waals surface area contributed by atoms with Crippen molar-refractivity contribution >= 4 is 11.6 Å². The SMILES string of the molecule is CCCCCCCCOc1ccc(NC(=O)c2ccncc2)cc1-n1cnnn1. The molecule has 2 aromatic heterocycles. The van der Waals surface area contributed by atoms with E-state index in [0.29, 0.717) is 29.3 Å². The average Bonchev–Trinajstić information content (AvgIpc) is 3.29. The summed E-state index contributed by atoms with van der Waals surface area (Å²) in [7, 11) is 0. The maximum absolute atomic E-state index is 12.4. The Labute approximate surface area is 170 Å². The van der Waals surface area contributed by atoms with Gasteiger partial charge in [-0.3, -0.25) is 9.78 Å². The van der Waals surface area contributed by atoms with Crippen LogP contribution in [0.5, 0.6) is 5.75 Å². The minimum atomic E-state index is -0.212. The number of amides is 1. The van der Waals surface area contributed by atoms with Crippen molar-refractivity contribution in [3.8, 4) is 11.4 Å². The minimum Gasteiger partial charge on any atom is -0.491 e. The molecular weight excluding hydrogens is 368 g/mol. The van der Waals surface area contributed by atoms with Crippen LogP contribution in [-0.4, -0.2) is 37.7 Å². The molecule has 0 atom stereocenters. The Bertz CT molecular complexity index is 883. The van der Waals surface area contributed by atoms with Gasteiger partial charge in [0.15, 0.2) is 0 Å². The van der Waals surface area contributed by atoms with Crippen LogP contribution in [0.1, 0.15) is 55.8 Å². The molecule has 152 valence electrons. The van der Waals surface area contributed by atoms with E-state index in [4.69, 9.17) is 4.74 Å². The summed E-state index contributed by atoms with van der Waals surface area (Å²) in [6.45, 7) is 2.84. The molecule has 3 aromatic rings. The van der Waals surface area contributed by atoms with E-state index in [-0.39, 0.29) is 5.91 Å². The van der Waals surface area contributed by atoms with E-state index >= 15 is 0 Å². The Kier molecular flexibility index (Phi) is 7.68. The lowest BCUT2D eigenvalue weighted by Gasteiger charge is -2.13. The van der Waals surface area contributed by atoms with Gasteiger partial charge >= 0.3 is 0 Å². The molecule has 0 aliphatic rings. The van der Waals surface area contributed by atoms with E-state index < -0.39 is 0 Å². The summed E-state index contributed by atoms with van der Waals surface area (Å²) in [5, 5.41) is 14.2. The fourth-order valence-electron chi connectivity index (χ4n) is 2.94. The second-order valence-corrected chi connectivity index (χ2v) is 6.74. The molecular formula is C21H26N6O2. The number of unbranched alkanes of at least 4 members (excludes halogenated alkanes) is 5. The van der Waals surface area contributed by atoms with Crippen LogP contribution in [0.15, 0.2) is 49.1 Å². The number of carbonyl (C=O) groups is 1. The highest BCUT2D eigenvalue weighted by Gasteiger charge is 2.12. The molecule has 0 fully saturated rings. The van der Waals surface area contributed by atoms with Crippen molar-refractivity contribution in [2.24, 2.45) is 0 Å². The van der Waals surface area contributed by atoms with Gasteiger partial charge in [-0.2, -0.15) is 4.68 Å². The quantitative estimate of drug-likeness (QED) is 0.493. The van der Waals surface area contributed by atoms with Gasteiger partial charge in [-0.1, -0.05) is 39.0 Å². The van der Waals surface area contributed by atoms with Crippen LogP contribution in [-0.2, 0) is 0 Å². The third-order valence-electron chi connectivity index (χ3n) is 4.51. The molecule has 0 aliphatic carbocycles. The molecule has 8 heteroatoms. The van der Waals surface area contributed by atoms with Crippen LogP contribution in [0.25, 0.3) is 5.69 Å². The van der Waals surface area contributed by atoms with Crippen molar-refractivity contribution in [2.45, 2.75) is 45.4 Å². The van der Waals surface area contributed by atoms with Crippen molar-refractivity contribution < 1.29 is 9.53 Å². The number of aromatic nitrogens is 5. The summed E-state index contributed by atoms with van der Waals surface area (Å²) in [6.07, 6.45) is 11.9. The molecule has 1 N–H and O–H groups in total. The number of ether oxygens (including phenoxy) is 1. The number of rotatable bonds is 11.